The number of methoxy groups -OCH3 is 1. The summed E-state index contributed by atoms with van der Waals surface area (Å²) < 4.78 is 34.5. The molecule has 0 spiro atoms. The fraction of sp³-hybridized carbons (Fsp3) is 0.375. The number of aliphatic hydroxyl groups is 1. The number of carbonyl (C=O) groups is 1. The average molecular weight is 367 g/mol. The number of nitrogens with zero attached hydrogens (tertiary/aromatic N) is 2. The number of hydrogen-bond donors (Lipinski definition) is 2. The molecule has 2 N–H and O–H groups in total. The zero-order chi connectivity index (χ0) is 18.8. The van der Waals surface area contributed by atoms with Crippen molar-refractivity contribution in [2.45, 2.75) is 19.4 Å². The molecule has 0 saturated heterocycles. The molecule has 1 heterocycles. The van der Waals surface area contributed by atoms with Crippen molar-refractivity contribution in [2.24, 2.45) is 4.40 Å². The summed E-state index contributed by atoms with van der Waals surface area (Å²) in [4.78, 5) is 12.5. The van der Waals surface area contributed by atoms with Crippen LogP contribution in [0.15, 0.2) is 40.4 Å². The SMILES string of the molecule is COc1ccccc1C1=NS(=O)(=O)N(C)C(C(=O)NC(C)(C)CO)=C1. The Morgan fingerprint density at radius 1 is 1.36 bits per heavy atom. The molecule has 0 unspecified atom stereocenters. The monoisotopic (exact) mass is 367 g/mol. The van der Waals surface area contributed by atoms with Gasteiger partial charge in [-0.05, 0) is 32.1 Å². The number of rotatable bonds is 5. The second-order valence-corrected chi connectivity index (χ2v) is 7.77. The molecule has 2 rings (SSSR count). The molecule has 0 saturated carbocycles. The maximum Gasteiger partial charge on any atom is 0.345 e. The van der Waals surface area contributed by atoms with Crippen molar-refractivity contribution in [1.29, 1.82) is 0 Å². The summed E-state index contributed by atoms with van der Waals surface area (Å²) >= 11 is 0. The maximum absolute atomic E-state index is 12.5. The van der Waals surface area contributed by atoms with E-state index in [0.29, 0.717) is 11.3 Å². The molecule has 9 heteroatoms. The van der Waals surface area contributed by atoms with E-state index in [0.717, 1.165) is 4.31 Å². The van der Waals surface area contributed by atoms with Gasteiger partial charge in [0.2, 0.25) is 0 Å². The number of allylic oxidation sites excluding steroid dienone is 1. The van der Waals surface area contributed by atoms with E-state index >= 15 is 0 Å². The van der Waals surface area contributed by atoms with Gasteiger partial charge in [0.1, 0.15) is 11.4 Å². The summed E-state index contributed by atoms with van der Waals surface area (Å²) in [6.07, 6.45) is 1.38. The van der Waals surface area contributed by atoms with Gasteiger partial charge < -0.3 is 15.2 Å². The Morgan fingerprint density at radius 2 is 2.00 bits per heavy atom. The van der Waals surface area contributed by atoms with Gasteiger partial charge in [-0.25, -0.2) is 4.31 Å². The van der Waals surface area contributed by atoms with E-state index in [1.54, 1.807) is 38.1 Å². The van der Waals surface area contributed by atoms with E-state index < -0.39 is 21.7 Å². The minimum atomic E-state index is -4.07. The summed E-state index contributed by atoms with van der Waals surface area (Å²) in [5, 5.41) is 11.9. The fourth-order valence-electron chi connectivity index (χ4n) is 2.16. The zero-order valence-electron chi connectivity index (χ0n) is 14.5. The van der Waals surface area contributed by atoms with Crippen LogP contribution in [0.3, 0.4) is 0 Å². The van der Waals surface area contributed by atoms with Crippen molar-refractivity contribution in [1.82, 2.24) is 9.62 Å². The van der Waals surface area contributed by atoms with Gasteiger partial charge in [-0.15, -0.1) is 4.40 Å². The van der Waals surface area contributed by atoms with Gasteiger partial charge in [-0.2, -0.15) is 8.42 Å². The van der Waals surface area contributed by atoms with E-state index in [9.17, 15) is 18.3 Å². The molecular formula is C16H21N3O5S. The molecule has 0 atom stereocenters. The molecule has 0 aromatic heterocycles. The summed E-state index contributed by atoms with van der Waals surface area (Å²) in [7, 11) is -1.36. The second kappa shape index (κ2) is 6.85. The van der Waals surface area contributed by atoms with Crippen LogP contribution in [0.5, 0.6) is 5.75 Å². The zero-order valence-corrected chi connectivity index (χ0v) is 15.3. The third kappa shape index (κ3) is 3.99. The van der Waals surface area contributed by atoms with Gasteiger partial charge in [0.05, 0.1) is 25.0 Å². The van der Waals surface area contributed by atoms with Crippen molar-refractivity contribution in [3.63, 3.8) is 0 Å². The maximum atomic E-state index is 12.5. The van der Waals surface area contributed by atoms with Crippen molar-refractivity contribution >= 4 is 21.8 Å². The lowest BCUT2D eigenvalue weighted by molar-refractivity contribution is -0.120. The number of hydrogen-bond acceptors (Lipinski definition) is 5. The molecule has 1 aliphatic heterocycles. The van der Waals surface area contributed by atoms with E-state index in [1.807, 2.05) is 0 Å². The smallest absolute Gasteiger partial charge is 0.345 e. The summed E-state index contributed by atoms with van der Waals surface area (Å²) in [5.74, 6) is -0.194. The van der Waals surface area contributed by atoms with Gasteiger partial charge in [0.25, 0.3) is 5.91 Å². The van der Waals surface area contributed by atoms with Crippen LogP contribution >= 0.6 is 0 Å². The molecule has 8 nitrogen and oxygen atoms in total. The highest BCUT2D eigenvalue weighted by Crippen LogP contribution is 2.25. The van der Waals surface area contributed by atoms with Crippen LogP contribution in [0.4, 0.5) is 0 Å². The molecule has 1 aromatic rings. The molecule has 0 aliphatic carbocycles. The number of nitrogens with one attached hydrogen (secondary N) is 1. The number of para-hydroxylation sites is 1. The van der Waals surface area contributed by atoms with Crippen LogP contribution in [0.1, 0.15) is 19.4 Å². The van der Waals surface area contributed by atoms with Crippen molar-refractivity contribution < 1.29 is 23.1 Å². The summed E-state index contributed by atoms with van der Waals surface area (Å²) in [6.45, 7) is 2.95. The van der Waals surface area contributed by atoms with E-state index in [1.165, 1.54) is 20.2 Å². The summed E-state index contributed by atoms with van der Waals surface area (Å²) in [5.41, 5.74) is -0.449. The van der Waals surface area contributed by atoms with Crippen molar-refractivity contribution in [2.75, 3.05) is 20.8 Å². The summed E-state index contributed by atoms with van der Waals surface area (Å²) in [6, 6.07) is 6.79. The molecule has 25 heavy (non-hydrogen) atoms. The predicted molar refractivity (Wildman–Crippen MR) is 93.6 cm³/mol. The lowest BCUT2D eigenvalue weighted by Gasteiger charge is -2.28. The highest BCUT2D eigenvalue weighted by molar-refractivity contribution is 7.88. The van der Waals surface area contributed by atoms with Gasteiger partial charge >= 0.3 is 10.2 Å². The van der Waals surface area contributed by atoms with Crippen LogP contribution < -0.4 is 10.1 Å². The Bertz CT molecular complexity index is 843. The second-order valence-electron chi connectivity index (χ2n) is 6.15. The molecule has 1 aliphatic rings. The van der Waals surface area contributed by atoms with Crippen LogP contribution in [-0.2, 0) is 15.0 Å². The van der Waals surface area contributed by atoms with E-state index in [2.05, 4.69) is 9.71 Å². The largest absolute Gasteiger partial charge is 0.496 e. The predicted octanol–water partition coefficient (Wildman–Crippen LogP) is 0.445. The first-order valence-corrected chi connectivity index (χ1v) is 8.88. The number of ether oxygens (including phenoxy) is 1. The van der Waals surface area contributed by atoms with E-state index in [-0.39, 0.29) is 18.0 Å². The molecule has 136 valence electrons. The van der Waals surface area contributed by atoms with Crippen LogP contribution in [-0.4, -0.2) is 55.8 Å². The van der Waals surface area contributed by atoms with Crippen molar-refractivity contribution in [3.05, 3.63) is 41.6 Å². The third-order valence-electron chi connectivity index (χ3n) is 3.64. The first-order valence-electron chi connectivity index (χ1n) is 7.48. The average Bonchev–Trinajstić information content (AvgIpc) is 2.56. The minimum absolute atomic E-state index is 0.0995. The van der Waals surface area contributed by atoms with Crippen LogP contribution in [0.25, 0.3) is 0 Å². The Morgan fingerprint density at radius 3 is 2.60 bits per heavy atom. The Hall–Kier alpha value is -2.39. The van der Waals surface area contributed by atoms with Crippen LogP contribution in [0.2, 0.25) is 0 Å². The molecule has 0 radical (unpaired) electrons. The van der Waals surface area contributed by atoms with E-state index in [4.69, 9.17) is 4.74 Å². The first kappa shape index (κ1) is 18.9. The number of amides is 1. The van der Waals surface area contributed by atoms with Crippen LogP contribution in [0, 0.1) is 0 Å². The van der Waals surface area contributed by atoms with Crippen molar-refractivity contribution in [3.8, 4) is 5.75 Å². The van der Waals surface area contributed by atoms with Gasteiger partial charge in [-0.1, -0.05) is 12.1 Å². The molecule has 1 amide bonds. The number of aliphatic hydroxyl groups excluding tert-OH is 1. The quantitative estimate of drug-likeness (QED) is 0.785. The highest BCUT2D eigenvalue weighted by atomic mass is 32.2. The molecule has 0 fully saturated rings. The third-order valence-corrected chi connectivity index (χ3v) is 4.95. The van der Waals surface area contributed by atoms with Gasteiger partial charge in [0.15, 0.2) is 0 Å². The number of benzene rings is 1. The Labute approximate surface area is 147 Å². The van der Waals surface area contributed by atoms with Gasteiger partial charge in [-0.3, -0.25) is 4.79 Å². The van der Waals surface area contributed by atoms with Gasteiger partial charge in [0, 0.05) is 12.6 Å². The highest BCUT2D eigenvalue weighted by Gasteiger charge is 2.32. The Kier molecular flexibility index (Phi) is 5.19. The Balaban J connectivity index is 2.52. The molecular weight excluding hydrogens is 346 g/mol. The lowest BCUT2D eigenvalue weighted by atomic mass is 10.1. The number of carbonyl (C=O) groups excluding carboxylic acids is 1. The number of likely N-dealkylation sites (N-methyl/N-ethyl adjacent to an activating group) is 1. The standard InChI is InChI=1S/C16H21N3O5S/c1-16(2,10-20)17-15(21)13-9-12(18-25(22,23)19(13)3)11-7-5-6-8-14(11)24-4/h5-9,20H,10H2,1-4H3,(H,17,21). The first-order chi connectivity index (χ1) is 11.6. The lowest BCUT2D eigenvalue weighted by Crippen LogP contribution is -2.49. The normalized spacial score (nSPS) is 16.8. The topological polar surface area (TPSA) is 108 Å². The molecule has 0 bridgehead atoms. The fourth-order valence-corrected chi connectivity index (χ4v) is 3.07. The minimum Gasteiger partial charge on any atom is -0.496 e. The molecule has 1 aromatic carbocycles.